The second kappa shape index (κ2) is 15.7. The van der Waals surface area contributed by atoms with E-state index >= 15 is 0 Å². The Hall–Kier alpha value is -3.18. The summed E-state index contributed by atoms with van der Waals surface area (Å²) >= 11 is 0. The van der Waals surface area contributed by atoms with Gasteiger partial charge in [-0.3, -0.25) is 14.6 Å². The Morgan fingerprint density at radius 2 is 1.80 bits per heavy atom. The van der Waals surface area contributed by atoms with E-state index in [0.29, 0.717) is 31.3 Å². The lowest BCUT2D eigenvalue weighted by Gasteiger charge is -2.37. The molecule has 224 valence electrons. The first-order valence-corrected chi connectivity index (χ1v) is 13.5. The van der Waals surface area contributed by atoms with E-state index in [1.54, 1.807) is 23.9 Å². The number of carbonyl (C=O) groups excluding carboxylic acids is 2. The number of benzene rings is 2. The van der Waals surface area contributed by atoms with Gasteiger partial charge in [0.05, 0.1) is 6.54 Å². The Balaban J connectivity index is 0.00000294. The Bertz CT molecular complexity index is 1300. The van der Waals surface area contributed by atoms with Gasteiger partial charge in [0.25, 0.3) is 5.91 Å². The third kappa shape index (κ3) is 9.16. The predicted octanol–water partition coefficient (Wildman–Crippen LogP) is 3.87. The summed E-state index contributed by atoms with van der Waals surface area (Å²) in [5.41, 5.74) is 5.14. The molecule has 0 fully saturated rings. The van der Waals surface area contributed by atoms with Crippen molar-refractivity contribution in [1.29, 1.82) is 0 Å². The molecule has 1 aliphatic heterocycles. The Kier molecular flexibility index (Phi) is 13.0. The summed E-state index contributed by atoms with van der Waals surface area (Å²) in [6.07, 6.45) is 0.889. The van der Waals surface area contributed by atoms with Crippen LogP contribution in [0.1, 0.15) is 36.4 Å². The van der Waals surface area contributed by atoms with Crippen molar-refractivity contribution >= 4 is 42.3 Å². The van der Waals surface area contributed by atoms with Gasteiger partial charge >= 0.3 is 0 Å². The number of hydrogen-bond acceptors (Lipinski definition) is 8. The number of carbonyl (C=O) groups is 2. The highest BCUT2D eigenvalue weighted by Crippen LogP contribution is 2.24. The zero-order valence-corrected chi connectivity index (χ0v) is 26.0. The lowest BCUT2D eigenvalue weighted by molar-refractivity contribution is -0.151. The quantitative estimate of drug-likeness (QED) is 0.339. The van der Waals surface area contributed by atoms with Crippen LogP contribution in [-0.4, -0.2) is 82.7 Å². The lowest BCUT2D eigenvalue weighted by Crippen LogP contribution is -2.52. The number of hydrazine groups is 1. The number of likely N-dealkylation sites (N-methyl/N-ethyl adjacent to an activating group) is 1. The molecule has 2 aromatic carbocycles. The molecule has 4 rings (SSSR count). The average molecular weight is 607 g/mol. The van der Waals surface area contributed by atoms with Crippen LogP contribution in [0.2, 0.25) is 0 Å². The maximum Gasteiger partial charge on any atom is 0.256 e. The number of fused-ring (bicyclic) bond motifs is 1. The van der Waals surface area contributed by atoms with Crippen LogP contribution in [0.25, 0.3) is 11.4 Å². The Labute approximate surface area is 254 Å². The maximum atomic E-state index is 13.4. The first kappa shape index (κ1) is 34.0. The molecule has 0 aliphatic carbocycles. The molecule has 0 saturated carbocycles. The monoisotopic (exact) mass is 605 g/mol. The van der Waals surface area contributed by atoms with Crippen LogP contribution in [0.5, 0.6) is 0 Å². The summed E-state index contributed by atoms with van der Waals surface area (Å²) in [5, 5.41) is 14.3. The zero-order chi connectivity index (χ0) is 27.9. The van der Waals surface area contributed by atoms with E-state index in [1.165, 1.54) is 11.1 Å². The van der Waals surface area contributed by atoms with Crippen molar-refractivity contribution in [2.24, 2.45) is 0 Å². The maximum absolute atomic E-state index is 13.4. The fraction of sp³-hybridized carbons (Fsp3) is 0.448. The van der Waals surface area contributed by atoms with Gasteiger partial charge < -0.3 is 20.1 Å². The van der Waals surface area contributed by atoms with Gasteiger partial charge in [0, 0.05) is 57.4 Å². The molecule has 10 nitrogen and oxygen atoms in total. The van der Waals surface area contributed by atoms with Crippen molar-refractivity contribution in [3.8, 4) is 11.4 Å². The van der Waals surface area contributed by atoms with Crippen molar-refractivity contribution in [3.63, 3.8) is 0 Å². The minimum absolute atomic E-state index is 0. The van der Waals surface area contributed by atoms with Gasteiger partial charge in [-0.1, -0.05) is 55.4 Å². The third-order valence-corrected chi connectivity index (χ3v) is 6.96. The van der Waals surface area contributed by atoms with E-state index in [0.717, 1.165) is 29.8 Å². The highest BCUT2D eigenvalue weighted by Gasteiger charge is 2.25. The van der Waals surface area contributed by atoms with Gasteiger partial charge in [0.15, 0.2) is 0 Å². The second-order valence-corrected chi connectivity index (χ2v) is 10.3. The summed E-state index contributed by atoms with van der Waals surface area (Å²) in [6.45, 7) is 10.4. The van der Waals surface area contributed by atoms with Crippen molar-refractivity contribution in [2.75, 3.05) is 45.1 Å². The first-order chi connectivity index (χ1) is 18.7. The molecule has 2 heterocycles. The number of hydrogen-bond donors (Lipinski definition) is 2. The van der Waals surface area contributed by atoms with Gasteiger partial charge in [-0.05, 0) is 36.1 Å². The topological polar surface area (TPSA) is 107 Å². The molecule has 1 aromatic heterocycles. The van der Waals surface area contributed by atoms with E-state index < -0.39 is 0 Å². The molecule has 2 N–H and O–H groups in total. The highest BCUT2D eigenvalue weighted by molar-refractivity contribution is 5.87. The molecule has 2 amide bonds. The van der Waals surface area contributed by atoms with Crippen LogP contribution in [0.4, 0.5) is 5.69 Å². The summed E-state index contributed by atoms with van der Waals surface area (Å²) in [4.78, 5) is 32.6. The lowest BCUT2D eigenvalue weighted by atomic mass is 10.0. The van der Waals surface area contributed by atoms with E-state index in [1.807, 2.05) is 36.2 Å². The number of nitrogens with zero attached hydrogens (tertiary/aromatic N) is 5. The Morgan fingerprint density at radius 3 is 2.49 bits per heavy atom. The zero-order valence-electron chi connectivity index (χ0n) is 24.3. The molecule has 0 atom stereocenters. The second-order valence-electron chi connectivity index (χ2n) is 10.3. The van der Waals surface area contributed by atoms with Crippen LogP contribution in [0.15, 0.2) is 47.0 Å². The normalized spacial score (nSPS) is 12.6. The van der Waals surface area contributed by atoms with Crippen LogP contribution in [-0.2, 0) is 22.6 Å². The number of amides is 2. The molecule has 0 bridgehead atoms. The molecule has 12 heteroatoms. The van der Waals surface area contributed by atoms with E-state index in [4.69, 9.17) is 4.52 Å². The Morgan fingerprint density at radius 1 is 1.07 bits per heavy atom. The molecule has 0 radical (unpaired) electrons. The number of rotatable bonds is 11. The van der Waals surface area contributed by atoms with E-state index in [9.17, 15) is 9.59 Å². The minimum Gasteiger partial charge on any atom is -0.376 e. The number of aromatic nitrogens is 2. The van der Waals surface area contributed by atoms with Gasteiger partial charge in [-0.15, -0.1) is 24.8 Å². The van der Waals surface area contributed by atoms with Gasteiger partial charge in [0.2, 0.25) is 17.6 Å². The molecule has 0 unspecified atom stereocenters. The van der Waals surface area contributed by atoms with E-state index in [2.05, 4.69) is 52.8 Å². The first-order valence-electron chi connectivity index (χ1n) is 13.5. The van der Waals surface area contributed by atoms with Gasteiger partial charge in [0.1, 0.15) is 6.54 Å². The molecular weight excluding hydrogens is 565 g/mol. The number of nitrogens with one attached hydrogen (secondary N) is 2. The third-order valence-electron chi connectivity index (χ3n) is 6.96. The van der Waals surface area contributed by atoms with Crippen LogP contribution >= 0.6 is 24.8 Å². The SMILES string of the molecule is Cc1nc(-c2ccc(C)c(NCC(=O)N(CCNC(C)C)CC(=O)N(C)N3CCc4ccccc4C3)c2)no1.Cl.Cl. The van der Waals surface area contributed by atoms with Crippen molar-refractivity contribution in [3.05, 3.63) is 65.0 Å². The molecule has 41 heavy (non-hydrogen) atoms. The largest absolute Gasteiger partial charge is 0.376 e. The fourth-order valence-electron chi connectivity index (χ4n) is 4.59. The van der Waals surface area contributed by atoms with Gasteiger partial charge in [-0.2, -0.15) is 4.98 Å². The van der Waals surface area contributed by atoms with Crippen LogP contribution in [0.3, 0.4) is 0 Å². The molecular formula is C29H41Cl2N7O3. The number of halogens is 2. The summed E-state index contributed by atoms with van der Waals surface area (Å²) in [7, 11) is 1.79. The fourth-order valence-corrected chi connectivity index (χ4v) is 4.59. The summed E-state index contributed by atoms with van der Waals surface area (Å²) < 4.78 is 5.10. The summed E-state index contributed by atoms with van der Waals surface area (Å²) in [5.74, 6) is 0.728. The smallest absolute Gasteiger partial charge is 0.256 e. The van der Waals surface area contributed by atoms with Crippen LogP contribution < -0.4 is 10.6 Å². The number of anilines is 1. The highest BCUT2D eigenvalue weighted by atomic mass is 35.5. The molecule has 0 spiro atoms. The standard InChI is InChI=1S/C29H39N7O3.2ClH/c1-20(2)30-13-15-35(19-28(38)34(5)36-14-12-23-8-6-7-9-25(23)18-36)27(37)17-31-26-16-24(11-10-21(26)3)29-32-22(4)39-33-29;;/h6-11,16,20,30-31H,12-15,17-19H2,1-5H3;2*1H. The molecule has 0 saturated heterocycles. The van der Waals surface area contributed by atoms with Crippen molar-refractivity contribution in [2.45, 2.75) is 46.7 Å². The molecule has 1 aliphatic rings. The minimum atomic E-state index is -0.147. The van der Waals surface area contributed by atoms with Crippen LogP contribution in [0, 0.1) is 13.8 Å². The summed E-state index contributed by atoms with van der Waals surface area (Å²) in [6, 6.07) is 14.4. The van der Waals surface area contributed by atoms with Crippen molar-refractivity contribution in [1.82, 2.24) is 30.4 Å². The van der Waals surface area contributed by atoms with Crippen molar-refractivity contribution < 1.29 is 14.1 Å². The van der Waals surface area contributed by atoms with E-state index in [-0.39, 0.29) is 55.8 Å². The average Bonchev–Trinajstić information content (AvgIpc) is 3.37. The number of aryl methyl sites for hydroxylation is 2. The predicted molar refractivity (Wildman–Crippen MR) is 165 cm³/mol. The molecule has 3 aromatic rings. The van der Waals surface area contributed by atoms with Gasteiger partial charge in [-0.25, -0.2) is 5.01 Å².